The topological polar surface area (TPSA) is 66.5 Å². The highest BCUT2D eigenvalue weighted by molar-refractivity contribution is 7.10. The van der Waals surface area contributed by atoms with E-state index in [1.54, 1.807) is 29.2 Å². The van der Waals surface area contributed by atoms with Gasteiger partial charge in [0.25, 0.3) is 0 Å². The first-order valence-corrected chi connectivity index (χ1v) is 13.1. The van der Waals surface area contributed by atoms with E-state index in [2.05, 4.69) is 5.32 Å². The van der Waals surface area contributed by atoms with Crippen LogP contribution >= 0.6 is 22.7 Å². The molecule has 0 bridgehead atoms. The lowest BCUT2D eigenvalue weighted by atomic mass is 9.95. The van der Waals surface area contributed by atoms with E-state index in [4.69, 9.17) is 0 Å². The van der Waals surface area contributed by atoms with Crippen LogP contribution in [0, 0.1) is 0 Å². The molecule has 172 valence electrons. The number of anilines is 1. The average molecular weight is 481 g/mol. The molecule has 0 spiro atoms. The van der Waals surface area contributed by atoms with Crippen LogP contribution in [0.3, 0.4) is 0 Å². The maximum atomic E-state index is 13.7. The Hall–Kier alpha value is -2.77. The van der Waals surface area contributed by atoms with Crippen LogP contribution in [0.2, 0.25) is 0 Å². The summed E-state index contributed by atoms with van der Waals surface area (Å²) in [6.45, 7) is 1.51. The zero-order valence-corrected chi connectivity index (χ0v) is 20.3. The molecule has 0 aliphatic heterocycles. The maximum Gasteiger partial charge on any atom is 0.248 e. The van der Waals surface area contributed by atoms with Crippen molar-refractivity contribution in [3.8, 4) is 0 Å². The Balaban J connectivity index is 1.70. The monoisotopic (exact) mass is 480 g/mol. The van der Waals surface area contributed by atoms with Gasteiger partial charge in [0.05, 0.1) is 6.42 Å². The van der Waals surface area contributed by atoms with Gasteiger partial charge in [0, 0.05) is 27.0 Å². The van der Waals surface area contributed by atoms with Crippen molar-refractivity contribution in [2.45, 2.75) is 57.5 Å². The number of thiophene rings is 2. The van der Waals surface area contributed by atoms with E-state index in [1.807, 2.05) is 35.0 Å². The van der Waals surface area contributed by atoms with Gasteiger partial charge in [-0.2, -0.15) is 0 Å². The van der Waals surface area contributed by atoms with Crippen LogP contribution in [0.15, 0.2) is 59.3 Å². The molecule has 1 atom stereocenters. The molecular formula is C26H28N2O3S2. The molecule has 0 unspecified atom stereocenters. The minimum atomic E-state index is -0.762. The molecular weight excluding hydrogens is 452 g/mol. The Bertz CT molecular complexity index is 1070. The van der Waals surface area contributed by atoms with Gasteiger partial charge in [-0.15, -0.1) is 22.7 Å². The standard InChI is InChI=1S/C26H28N2O3S2/c1-18(29)19-11-13-21(14-12-19)28(24(30)17-22-9-5-15-32-22)25(23-10-6-16-33-23)26(31)27-20-7-3-2-4-8-20/h5-6,9-16,20,25H,2-4,7-8,17H2,1H3,(H,27,31)/t25-/m1/s1. The zero-order chi connectivity index (χ0) is 23.2. The SMILES string of the molecule is CC(=O)c1ccc(N(C(=O)Cc2cccs2)[C@@H](C(=O)NC2CCCCC2)c2cccs2)cc1. The minimum absolute atomic E-state index is 0.0390. The second kappa shape index (κ2) is 10.9. The molecule has 1 aliphatic carbocycles. The second-order valence-electron chi connectivity index (χ2n) is 8.38. The van der Waals surface area contributed by atoms with Gasteiger partial charge >= 0.3 is 0 Å². The third-order valence-corrected chi connectivity index (χ3v) is 7.80. The number of carbonyl (C=O) groups is 3. The normalized spacial score (nSPS) is 15.1. The first-order chi connectivity index (χ1) is 16.0. The quantitative estimate of drug-likeness (QED) is 0.416. The molecule has 1 saturated carbocycles. The summed E-state index contributed by atoms with van der Waals surface area (Å²) in [4.78, 5) is 42.5. The van der Waals surface area contributed by atoms with Gasteiger partial charge in [-0.1, -0.05) is 31.4 Å². The van der Waals surface area contributed by atoms with E-state index >= 15 is 0 Å². The van der Waals surface area contributed by atoms with Gasteiger partial charge < -0.3 is 5.32 Å². The Morgan fingerprint density at radius 3 is 2.27 bits per heavy atom. The average Bonchev–Trinajstić information content (AvgIpc) is 3.52. The highest BCUT2D eigenvalue weighted by Crippen LogP contribution is 2.32. The number of nitrogens with one attached hydrogen (secondary N) is 1. The number of benzene rings is 1. The molecule has 4 rings (SSSR count). The Morgan fingerprint density at radius 2 is 1.67 bits per heavy atom. The first-order valence-electron chi connectivity index (χ1n) is 11.3. The maximum absolute atomic E-state index is 13.7. The number of Topliss-reactive ketones (excluding diaryl/α,β-unsaturated/α-hetero) is 1. The Labute approximate surface area is 202 Å². The third-order valence-electron chi connectivity index (χ3n) is 6.00. The second-order valence-corrected chi connectivity index (χ2v) is 10.4. The fourth-order valence-corrected chi connectivity index (χ4v) is 5.80. The van der Waals surface area contributed by atoms with Crippen molar-refractivity contribution in [2.24, 2.45) is 0 Å². The number of nitrogens with zero attached hydrogens (tertiary/aromatic N) is 1. The molecule has 7 heteroatoms. The van der Waals surface area contributed by atoms with E-state index in [1.165, 1.54) is 36.0 Å². The van der Waals surface area contributed by atoms with Gasteiger partial charge in [-0.05, 0) is 66.9 Å². The predicted molar refractivity (Wildman–Crippen MR) is 134 cm³/mol. The van der Waals surface area contributed by atoms with Crippen molar-refractivity contribution < 1.29 is 14.4 Å². The van der Waals surface area contributed by atoms with E-state index in [0.29, 0.717) is 11.3 Å². The highest BCUT2D eigenvalue weighted by atomic mass is 32.1. The van der Waals surface area contributed by atoms with E-state index in [9.17, 15) is 14.4 Å². The summed E-state index contributed by atoms with van der Waals surface area (Å²) in [6.07, 6.45) is 5.59. The molecule has 3 aromatic rings. The smallest absolute Gasteiger partial charge is 0.248 e. The molecule has 5 nitrogen and oxygen atoms in total. The van der Waals surface area contributed by atoms with Crippen LogP contribution in [0.5, 0.6) is 0 Å². The van der Waals surface area contributed by atoms with Gasteiger partial charge in [0.2, 0.25) is 11.8 Å². The van der Waals surface area contributed by atoms with Crippen LogP contribution in [-0.4, -0.2) is 23.6 Å². The van der Waals surface area contributed by atoms with Crippen LogP contribution in [0.1, 0.15) is 65.2 Å². The number of carbonyl (C=O) groups excluding carboxylic acids is 3. The van der Waals surface area contributed by atoms with Crippen molar-refractivity contribution in [3.05, 3.63) is 74.6 Å². The summed E-state index contributed by atoms with van der Waals surface area (Å²) in [7, 11) is 0. The predicted octanol–water partition coefficient (Wildman–Crippen LogP) is 5.78. The van der Waals surface area contributed by atoms with Gasteiger partial charge in [-0.25, -0.2) is 0 Å². The number of amides is 2. The van der Waals surface area contributed by atoms with Gasteiger partial charge in [-0.3, -0.25) is 19.3 Å². The number of hydrogen-bond donors (Lipinski definition) is 1. The van der Waals surface area contributed by atoms with Crippen LogP contribution in [-0.2, 0) is 16.0 Å². The molecule has 1 N–H and O–H groups in total. The minimum Gasteiger partial charge on any atom is -0.351 e. The molecule has 1 aromatic carbocycles. The molecule has 0 saturated heterocycles. The summed E-state index contributed by atoms with van der Waals surface area (Å²) in [5, 5.41) is 7.10. The molecule has 1 aliphatic rings. The summed E-state index contributed by atoms with van der Waals surface area (Å²) in [5.74, 6) is -0.340. The molecule has 33 heavy (non-hydrogen) atoms. The lowest BCUT2D eigenvalue weighted by Crippen LogP contribution is -2.47. The number of hydrogen-bond acceptors (Lipinski definition) is 5. The lowest BCUT2D eigenvalue weighted by Gasteiger charge is -2.33. The fourth-order valence-electron chi connectivity index (χ4n) is 4.29. The van der Waals surface area contributed by atoms with Crippen LogP contribution in [0.25, 0.3) is 0 Å². The number of ketones is 1. The molecule has 1 fully saturated rings. The molecule has 2 aromatic heterocycles. The zero-order valence-electron chi connectivity index (χ0n) is 18.7. The van der Waals surface area contributed by atoms with E-state index in [-0.39, 0.29) is 30.1 Å². The summed E-state index contributed by atoms with van der Waals surface area (Å²) in [5.41, 5.74) is 1.18. The van der Waals surface area contributed by atoms with Gasteiger partial charge in [0.15, 0.2) is 5.78 Å². The highest BCUT2D eigenvalue weighted by Gasteiger charge is 2.34. The fraction of sp³-hybridized carbons (Fsp3) is 0.346. The van der Waals surface area contributed by atoms with Crippen molar-refractivity contribution in [1.82, 2.24) is 5.32 Å². The lowest BCUT2D eigenvalue weighted by molar-refractivity contribution is -0.127. The Kier molecular flexibility index (Phi) is 7.73. The molecule has 2 amide bonds. The van der Waals surface area contributed by atoms with Crippen molar-refractivity contribution in [2.75, 3.05) is 4.90 Å². The van der Waals surface area contributed by atoms with Crippen molar-refractivity contribution in [3.63, 3.8) is 0 Å². The van der Waals surface area contributed by atoms with Gasteiger partial charge in [0.1, 0.15) is 6.04 Å². The largest absolute Gasteiger partial charge is 0.351 e. The van der Waals surface area contributed by atoms with Crippen LogP contribution in [0.4, 0.5) is 5.69 Å². The summed E-state index contributed by atoms with van der Waals surface area (Å²) < 4.78 is 0. The van der Waals surface area contributed by atoms with E-state index in [0.717, 1.165) is 35.4 Å². The van der Waals surface area contributed by atoms with Crippen molar-refractivity contribution >= 4 is 46.0 Å². The molecule has 0 radical (unpaired) electrons. The van der Waals surface area contributed by atoms with E-state index < -0.39 is 6.04 Å². The number of rotatable bonds is 8. The van der Waals surface area contributed by atoms with Crippen molar-refractivity contribution in [1.29, 1.82) is 0 Å². The third kappa shape index (κ3) is 5.78. The Morgan fingerprint density at radius 1 is 0.970 bits per heavy atom. The van der Waals surface area contributed by atoms with Crippen LogP contribution < -0.4 is 10.2 Å². The summed E-state index contributed by atoms with van der Waals surface area (Å²) in [6, 6.07) is 14.0. The first kappa shape index (κ1) is 23.4. The summed E-state index contributed by atoms with van der Waals surface area (Å²) >= 11 is 3.00. The molecule has 2 heterocycles.